The number of carbonyl (C=O) groups excluding carboxylic acids is 1. The summed E-state index contributed by atoms with van der Waals surface area (Å²) >= 11 is 1.16. The highest BCUT2D eigenvalue weighted by Gasteiger charge is 2.27. The second kappa shape index (κ2) is 6.96. The molecule has 1 heterocycles. The minimum atomic E-state index is -0.171. The van der Waals surface area contributed by atoms with Crippen LogP contribution in [0.5, 0.6) is 0 Å². The number of aliphatic hydroxyl groups excluding tert-OH is 1. The number of amides is 1. The van der Waals surface area contributed by atoms with Crippen molar-refractivity contribution in [3.63, 3.8) is 0 Å². The first-order chi connectivity index (χ1) is 8.88. The van der Waals surface area contributed by atoms with E-state index in [0.717, 1.165) is 36.5 Å². The largest absolute Gasteiger partial charge is 0.396 e. The van der Waals surface area contributed by atoms with E-state index in [-0.39, 0.29) is 17.9 Å². The van der Waals surface area contributed by atoms with Crippen LogP contribution >= 0.6 is 11.5 Å². The van der Waals surface area contributed by atoms with E-state index in [2.05, 4.69) is 9.59 Å². The van der Waals surface area contributed by atoms with Crippen LogP contribution in [0.25, 0.3) is 0 Å². The molecule has 0 atom stereocenters. The Balaban J connectivity index is 2.65. The standard InChI is InChI=1S/C13H23N3O2S/c1-13(2,3)11-10(19-15-14-11)12(18)16(4)8-6-5-7-9-17/h17H,5-9H2,1-4H3. The number of aliphatic hydroxyl groups is 1. The molecule has 0 aliphatic rings. The van der Waals surface area contributed by atoms with Crippen LogP contribution in [-0.4, -0.2) is 45.7 Å². The molecule has 6 heteroatoms. The molecule has 1 aromatic heterocycles. The molecule has 108 valence electrons. The summed E-state index contributed by atoms with van der Waals surface area (Å²) in [4.78, 5) is 14.7. The normalized spacial score (nSPS) is 11.6. The molecule has 0 saturated carbocycles. The fourth-order valence-corrected chi connectivity index (χ4v) is 2.61. The summed E-state index contributed by atoms with van der Waals surface area (Å²) in [5.74, 6) is -0.0103. The Morgan fingerprint density at radius 3 is 2.58 bits per heavy atom. The first kappa shape index (κ1) is 16.0. The van der Waals surface area contributed by atoms with Crippen molar-refractivity contribution in [2.24, 2.45) is 0 Å². The van der Waals surface area contributed by atoms with Crippen LogP contribution in [0.3, 0.4) is 0 Å². The molecule has 0 unspecified atom stereocenters. The smallest absolute Gasteiger partial charge is 0.267 e. The summed E-state index contributed by atoms with van der Waals surface area (Å²) < 4.78 is 3.91. The Morgan fingerprint density at radius 1 is 1.32 bits per heavy atom. The van der Waals surface area contributed by atoms with Gasteiger partial charge in [0.2, 0.25) is 0 Å². The summed E-state index contributed by atoms with van der Waals surface area (Å²) in [6, 6.07) is 0. The molecular weight excluding hydrogens is 262 g/mol. The van der Waals surface area contributed by atoms with Gasteiger partial charge in [0.15, 0.2) is 0 Å². The Kier molecular flexibility index (Phi) is 5.87. The molecule has 1 N–H and O–H groups in total. The topological polar surface area (TPSA) is 66.3 Å². The second-order valence-corrected chi connectivity index (χ2v) is 6.47. The van der Waals surface area contributed by atoms with Gasteiger partial charge in [0, 0.05) is 25.6 Å². The molecule has 0 aliphatic heterocycles. The maximum atomic E-state index is 12.3. The van der Waals surface area contributed by atoms with E-state index < -0.39 is 0 Å². The van der Waals surface area contributed by atoms with Crippen molar-refractivity contribution < 1.29 is 9.90 Å². The molecule has 0 bridgehead atoms. The number of rotatable bonds is 6. The van der Waals surface area contributed by atoms with Gasteiger partial charge < -0.3 is 10.0 Å². The molecule has 1 rings (SSSR count). The summed E-state index contributed by atoms with van der Waals surface area (Å²) in [7, 11) is 1.80. The van der Waals surface area contributed by atoms with Gasteiger partial charge in [-0.3, -0.25) is 4.79 Å². The van der Waals surface area contributed by atoms with Gasteiger partial charge in [-0.1, -0.05) is 25.3 Å². The highest BCUT2D eigenvalue weighted by molar-refractivity contribution is 7.08. The van der Waals surface area contributed by atoms with Gasteiger partial charge in [0.05, 0.1) is 5.69 Å². The Hall–Kier alpha value is -1.01. The zero-order valence-corrected chi connectivity index (χ0v) is 13.0. The minimum Gasteiger partial charge on any atom is -0.396 e. The van der Waals surface area contributed by atoms with Gasteiger partial charge in [-0.25, -0.2) is 0 Å². The third-order valence-corrected chi connectivity index (χ3v) is 3.60. The molecule has 5 nitrogen and oxygen atoms in total. The average Bonchev–Trinajstić information content (AvgIpc) is 2.82. The second-order valence-electron chi connectivity index (χ2n) is 5.71. The number of aromatic nitrogens is 2. The van der Waals surface area contributed by atoms with E-state index in [9.17, 15) is 4.79 Å². The zero-order chi connectivity index (χ0) is 14.5. The molecule has 0 fully saturated rings. The van der Waals surface area contributed by atoms with Gasteiger partial charge in [-0.15, -0.1) is 5.10 Å². The van der Waals surface area contributed by atoms with E-state index in [4.69, 9.17) is 5.11 Å². The molecular formula is C13H23N3O2S. The van der Waals surface area contributed by atoms with Gasteiger partial charge in [0.25, 0.3) is 5.91 Å². The lowest BCUT2D eigenvalue weighted by Gasteiger charge is -2.20. The minimum absolute atomic E-state index is 0.0103. The summed E-state index contributed by atoms with van der Waals surface area (Å²) in [6.45, 7) is 7.00. The molecule has 0 radical (unpaired) electrons. The van der Waals surface area contributed by atoms with Crippen molar-refractivity contribution >= 4 is 17.4 Å². The third kappa shape index (κ3) is 4.54. The summed E-state index contributed by atoms with van der Waals surface area (Å²) in [5.41, 5.74) is 0.597. The maximum Gasteiger partial charge on any atom is 0.267 e. The number of hydrogen-bond donors (Lipinski definition) is 1. The van der Waals surface area contributed by atoms with Crippen molar-refractivity contribution in [3.8, 4) is 0 Å². The first-order valence-electron chi connectivity index (χ1n) is 6.57. The third-order valence-electron chi connectivity index (χ3n) is 2.89. The van der Waals surface area contributed by atoms with E-state index >= 15 is 0 Å². The van der Waals surface area contributed by atoms with Crippen LogP contribution in [0.15, 0.2) is 0 Å². The molecule has 0 aliphatic carbocycles. The number of unbranched alkanes of at least 4 members (excludes halogenated alkanes) is 2. The predicted octanol–water partition coefficient (Wildman–Crippen LogP) is 2.07. The summed E-state index contributed by atoms with van der Waals surface area (Å²) in [6.07, 6.45) is 2.62. The fourth-order valence-electron chi connectivity index (χ4n) is 1.73. The van der Waals surface area contributed by atoms with E-state index in [0.29, 0.717) is 11.4 Å². The lowest BCUT2D eigenvalue weighted by atomic mass is 9.91. The number of carbonyl (C=O) groups is 1. The van der Waals surface area contributed by atoms with Gasteiger partial charge in [-0.05, 0) is 30.8 Å². The molecule has 1 amide bonds. The van der Waals surface area contributed by atoms with Gasteiger partial charge in [0.1, 0.15) is 4.88 Å². The average molecular weight is 285 g/mol. The molecule has 1 aromatic rings. The number of hydrogen-bond acceptors (Lipinski definition) is 5. The molecule has 0 spiro atoms. The highest BCUT2D eigenvalue weighted by Crippen LogP contribution is 2.26. The highest BCUT2D eigenvalue weighted by atomic mass is 32.1. The lowest BCUT2D eigenvalue weighted by Crippen LogP contribution is -2.29. The fraction of sp³-hybridized carbons (Fsp3) is 0.769. The molecule has 0 aromatic carbocycles. The lowest BCUT2D eigenvalue weighted by molar-refractivity contribution is 0.0794. The SMILES string of the molecule is CN(CCCCCO)C(=O)c1snnc1C(C)(C)C. The van der Waals surface area contributed by atoms with Crippen LogP contribution in [0, 0.1) is 0 Å². The van der Waals surface area contributed by atoms with Crippen molar-refractivity contribution in [3.05, 3.63) is 10.6 Å². The van der Waals surface area contributed by atoms with E-state index in [1.54, 1.807) is 11.9 Å². The Bertz CT molecular complexity index is 412. The van der Waals surface area contributed by atoms with Crippen LogP contribution in [0.4, 0.5) is 0 Å². The van der Waals surface area contributed by atoms with Crippen molar-refractivity contribution in [1.29, 1.82) is 0 Å². The van der Waals surface area contributed by atoms with Crippen LogP contribution < -0.4 is 0 Å². The Morgan fingerprint density at radius 2 is 2.00 bits per heavy atom. The quantitative estimate of drug-likeness (QED) is 0.813. The monoisotopic (exact) mass is 285 g/mol. The van der Waals surface area contributed by atoms with E-state index in [1.807, 2.05) is 20.8 Å². The predicted molar refractivity (Wildman–Crippen MR) is 76.5 cm³/mol. The first-order valence-corrected chi connectivity index (χ1v) is 7.34. The summed E-state index contributed by atoms with van der Waals surface area (Å²) in [5, 5.41) is 12.8. The Labute approximate surface area is 118 Å². The van der Waals surface area contributed by atoms with Crippen LogP contribution in [0.1, 0.15) is 55.4 Å². The molecule has 19 heavy (non-hydrogen) atoms. The zero-order valence-electron chi connectivity index (χ0n) is 12.1. The van der Waals surface area contributed by atoms with Gasteiger partial charge >= 0.3 is 0 Å². The van der Waals surface area contributed by atoms with Crippen LogP contribution in [-0.2, 0) is 5.41 Å². The number of nitrogens with zero attached hydrogens (tertiary/aromatic N) is 3. The maximum absolute atomic E-state index is 12.3. The van der Waals surface area contributed by atoms with Gasteiger partial charge in [-0.2, -0.15) is 0 Å². The van der Waals surface area contributed by atoms with Crippen molar-refractivity contribution in [1.82, 2.24) is 14.5 Å². The molecule has 0 saturated heterocycles. The van der Waals surface area contributed by atoms with E-state index in [1.165, 1.54) is 0 Å². The van der Waals surface area contributed by atoms with Crippen molar-refractivity contribution in [2.75, 3.05) is 20.2 Å². The van der Waals surface area contributed by atoms with Crippen LogP contribution in [0.2, 0.25) is 0 Å². The van der Waals surface area contributed by atoms with Crippen molar-refractivity contribution in [2.45, 2.75) is 45.4 Å².